The van der Waals surface area contributed by atoms with Gasteiger partial charge in [-0.2, -0.15) is 0 Å². The lowest BCUT2D eigenvalue weighted by molar-refractivity contribution is 0.598. The van der Waals surface area contributed by atoms with Gasteiger partial charge in [-0.3, -0.25) is 0 Å². The van der Waals surface area contributed by atoms with Crippen LogP contribution in [0.5, 0.6) is 0 Å². The molecule has 0 aromatic heterocycles. The minimum absolute atomic E-state index is 0.0142. The summed E-state index contributed by atoms with van der Waals surface area (Å²) < 4.78 is 23.2. The molecule has 2 aromatic carbocycles. The molecule has 112 valence electrons. The highest BCUT2D eigenvalue weighted by Gasteiger charge is 2.12. The second-order valence-corrected chi connectivity index (χ2v) is 7.46. The molecule has 0 heterocycles. The fraction of sp³-hybridized carbons (Fsp3) is 0.143. The van der Waals surface area contributed by atoms with Crippen molar-refractivity contribution in [2.75, 3.05) is 5.32 Å². The molecule has 4 nitrogen and oxygen atoms in total. The van der Waals surface area contributed by atoms with Crippen LogP contribution in [0.1, 0.15) is 18.5 Å². The van der Waals surface area contributed by atoms with Crippen LogP contribution in [-0.4, -0.2) is 8.42 Å². The van der Waals surface area contributed by atoms with Gasteiger partial charge in [0.1, 0.15) is 0 Å². The molecule has 0 aliphatic heterocycles. The van der Waals surface area contributed by atoms with E-state index in [1.54, 1.807) is 6.07 Å². The molecule has 2 aromatic rings. The number of benzene rings is 2. The van der Waals surface area contributed by atoms with Gasteiger partial charge in [0.15, 0.2) is 0 Å². The van der Waals surface area contributed by atoms with Gasteiger partial charge in [-0.05, 0) is 58.7 Å². The normalized spacial score (nSPS) is 13.0. The van der Waals surface area contributed by atoms with E-state index in [4.69, 9.17) is 16.7 Å². The molecular formula is C14H14BrClN2O2S. The third-order valence-electron chi connectivity index (χ3n) is 2.99. The van der Waals surface area contributed by atoms with Crippen molar-refractivity contribution in [3.05, 3.63) is 57.5 Å². The number of nitrogens with two attached hydrogens (primary N) is 1. The number of hydrogen-bond acceptors (Lipinski definition) is 3. The summed E-state index contributed by atoms with van der Waals surface area (Å²) in [6.45, 7) is 1.99. The van der Waals surface area contributed by atoms with Crippen molar-refractivity contribution < 1.29 is 8.42 Å². The summed E-state index contributed by atoms with van der Waals surface area (Å²) in [7, 11) is -3.70. The first-order chi connectivity index (χ1) is 9.77. The molecule has 0 bridgehead atoms. The van der Waals surface area contributed by atoms with E-state index in [0.29, 0.717) is 9.50 Å². The highest BCUT2D eigenvalue weighted by Crippen LogP contribution is 2.29. The molecule has 0 saturated heterocycles. The zero-order valence-corrected chi connectivity index (χ0v) is 14.3. The monoisotopic (exact) mass is 388 g/mol. The van der Waals surface area contributed by atoms with Crippen molar-refractivity contribution in [1.29, 1.82) is 0 Å². The molecule has 0 spiro atoms. The van der Waals surface area contributed by atoms with Crippen LogP contribution in [0.15, 0.2) is 51.8 Å². The van der Waals surface area contributed by atoms with Crippen LogP contribution in [0, 0.1) is 0 Å². The second kappa shape index (κ2) is 6.36. The first kappa shape index (κ1) is 16.3. The van der Waals surface area contributed by atoms with Crippen molar-refractivity contribution in [3.8, 4) is 0 Å². The number of rotatable bonds is 4. The molecule has 7 heteroatoms. The molecule has 0 aliphatic rings. The van der Waals surface area contributed by atoms with Crippen LogP contribution in [0.25, 0.3) is 0 Å². The van der Waals surface area contributed by atoms with E-state index in [1.807, 2.05) is 31.2 Å². The van der Waals surface area contributed by atoms with Gasteiger partial charge >= 0.3 is 0 Å². The van der Waals surface area contributed by atoms with Gasteiger partial charge in [0.2, 0.25) is 10.0 Å². The summed E-state index contributed by atoms with van der Waals surface area (Å²) in [5, 5.41) is 9.06. The number of hydrogen-bond donors (Lipinski definition) is 2. The van der Waals surface area contributed by atoms with E-state index < -0.39 is 10.0 Å². The summed E-state index contributed by atoms with van der Waals surface area (Å²) in [6, 6.07) is 12.2. The average Bonchev–Trinajstić information content (AvgIpc) is 2.39. The Balaban J connectivity index is 2.24. The van der Waals surface area contributed by atoms with Crippen LogP contribution >= 0.6 is 27.5 Å². The van der Waals surface area contributed by atoms with Gasteiger partial charge in [-0.25, -0.2) is 13.6 Å². The van der Waals surface area contributed by atoms with Gasteiger partial charge < -0.3 is 5.32 Å². The summed E-state index contributed by atoms with van der Waals surface area (Å²) in [5.41, 5.74) is 1.81. The molecule has 2 rings (SSSR count). The van der Waals surface area contributed by atoms with Crippen LogP contribution in [0.4, 0.5) is 5.69 Å². The molecule has 21 heavy (non-hydrogen) atoms. The van der Waals surface area contributed by atoms with E-state index in [-0.39, 0.29) is 10.9 Å². The Morgan fingerprint density at radius 1 is 1.24 bits per heavy atom. The van der Waals surface area contributed by atoms with Crippen molar-refractivity contribution in [3.63, 3.8) is 0 Å². The Kier molecular flexibility index (Phi) is 4.93. The quantitative estimate of drug-likeness (QED) is 0.832. The fourth-order valence-electron chi connectivity index (χ4n) is 1.88. The predicted molar refractivity (Wildman–Crippen MR) is 89.0 cm³/mol. The minimum Gasteiger partial charge on any atom is -0.378 e. The van der Waals surface area contributed by atoms with Crippen LogP contribution in [-0.2, 0) is 10.0 Å². The zero-order chi connectivity index (χ0) is 15.6. The van der Waals surface area contributed by atoms with E-state index in [1.165, 1.54) is 12.1 Å². The lowest BCUT2D eigenvalue weighted by atomic mass is 10.1. The van der Waals surface area contributed by atoms with Gasteiger partial charge in [-0.1, -0.05) is 23.7 Å². The average molecular weight is 390 g/mol. The maximum Gasteiger partial charge on any atom is 0.238 e. The Hall–Kier alpha value is -1.08. The van der Waals surface area contributed by atoms with Crippen molar-refractivity contribution in [1.82, 2.24) is 0 Å². The predicted octanol–water partition coefficient (Wildman–Crippen LogP) is 3.92. The fourth-order valence-corrected chi connectivity index (χ4v) is 3.27. The first-order valence-electron chi connectivity index (χ1n) is 6.12. The van der Waals surface area contributed by atoms with E-state index in [0.717, 1.165) is 11.3 Å². The molecular weight excluding hydrogens is 376 g/mol. The summed E-state index contributed by atoms with van der Waals surface area (Å²) in [4.78, 5) is 0.0651. The van der Waals surface area contributed by atoms with Crippen LogP contribution in [0.2, 0.25) is 5.02 Å². The third kappa shape index (κ3) is 4.20. The van der Waals surface area contributed by atoms with Gasteiger partial charge in [0.25, 0.3) is 0 Å². The summed E-state index contributed by atoms with van der Waals surface area (Å²) in [6.07, 6.45) is 0. The van der Waals surface area contributed by atoms with E-state index in [9.17, 15) is 8.42 Å². The van der Waals surface area contributed by atoms with E-state index in [2.05, 4.69) is 21.2 Å². The molecule has 0 aliphatic carbocycles. The van der Waals surface area contributed by atoms with Gasteiger partial charge in [0, 0.05) is 21.2 Å². The SMILES string of the molecule is CC(Nc1ccc(S(N)(=O)=O)cc1Br)c1cccc(Cl)c1. The lowest BCUT2D eigenvalue weighted by Crippen LogP contribution is -2.12. The lowest BCUT2D eigenvalue weighted by Gasteiger charge is -2.17. The highest BCUT2D eigenvalue weighted by molar-refractivity contribution is 9.10. The van der Waals surface area contributed by atoms with Gasteiger partial charge in [0.05, 0.1) is 4.90 Å². The number of anilines is 1. The topological polar surface area (TPSA) is 72.2 Å². The molecule has 0 fully saturated rings. The number of nitrogens with one attached hydrogen (secondary N) is 1. The molecule has 1 unspecified atom stereocenters. The van der Waals surface area contributed by atoms with Crippen LogP contribution in [0.3, 0.4) is 0 Å². The number of sulfonamides is 1. The van der Waals surface area contributed by atoms with Crippen molar-refractivity contribution in [2.24, 2.45) is 5.14 Å². The molecule has 0 saturated carbocycles. The second-order valence-electron chi connectivity index (χ2n) is 4.61. The maximum absolute atomic E-state index is 11.3. The third-order valence-corrected chi connectivity index (χ3v) is 4.79. The smallest absolute Gasteiger partial charge is 0.238 e. The van der Waals surface area contributed by atoms with Crippen LogP contribution < -0.4 is 10.5 Å². The Bertz CT molecular complexity index is 765. The van der Waals surface area contributed by atoms with Crippen molar-refractivity contribution >= 4 is 43.2 Å². The summed E-state index contributed by atoms with van der Waals surface area (Å²) in [5.74, 6) is 0. The zero-order valence-electron chi connectivity index (χ0n) is 11.2. The first-order valence-corrected chi connectivity index (χ1v) is 8.83. The van der Waals surface area contributed by atoms with Crippen molar-refractivity contribution in [2.45, 2.75) is 17.9 Å². The molecule has 1 atom stereocenters. The number of halogens is 2. The Morgan fingerprint density at radius 3 is 2.52 bits per heavy atom. The van der Waals surface area contributed by atoms with E-state index >= 15 is 0 Å². The largest absolute Gasteiger partial charge is 0.378 e. The minimum atomic E-state index is -3.70. The Morgan fingerprint density at radius 2 is 1.95 bits per heavy atom. The summed E-state index contributed by atoms with van der Waals surface area (Å²) >= 11 is 9.32. The standard InChI is InChI=1S/C14H14BrClN2O2S/c1-9(10-3-2-4-11(16)7-10)18-14-6-5-12(8-13(14)15)21(17,19)20/h2-9,18H,1H3,(H2,17,19,20). The maximum atomic E-state index is 11.3. The molecule has 0 radical (unpaired) electrons. The highest BCUT2D eigenvalue weighted by atomic mass is 79.9. The molecule has 3 N–H and O–H groups in total. The Labute approximate surface area is 137 Å². The molecule has 0 amide bonds. The van der Waals surface area contributed by atoms with Gasteiger partial charge in [-0.15, -0.1) is 0 Å². The number of primary sulfonamides is 1.